The molecule has 0 spiro atoms. The van der Waals surface area contributed by atoms with Crippen LogP contribution in [-0.2, 0) is 4.79 Å². The summed E-state index contributed by atoms with van der Waals surface area (Å²) in [4.78, 5) is 14.6. The molecule has 5 heteroatoms. The van der Waals surface area contributed by atoms with Crippen molar-refractivity contribution in [3.8, 4) is 5.75 Å². The highest BCUT2D eigenvalue weighted by atomic mass is 16.5. The van der Waals surface area contributed by atoms with Crippen molar-refractivity contribution in [2.45, 2.75) is 38.6 Å². The Balaban J connectivity index is 2.06. The van der Waals surface area contributed by atoms with Gasteiger partial charge < -0.3 is 19.8 Å². The highest BCUT2D eigenvalue weighted by Gasteiger charge is 2.36. The molecule has 0 saturated heterocycles. The summed E-state index contributed by atoms with van der Waals surface area (Å²) in [6.07, 6.45) is -2.11. The number of nitrogens with zero attached hydrogens (tertiary/aromatic N) is 1. The maximum absolute atomic E-state index is 13.0. The highest BCUT2D eigenvalue weighted by molar-refractivity contribution is 6.00. The Hall–Kier alpha value is -2.37. The number of rotatable bonds is 5. The third-order valence-electron chi connectivity index (χ3n) is 4.38. The van der Waals surface area contributed by atoms with Gasteiger partial charge in [0.05, 0.1) is 5.69 Å². The van der Waals surface area contributed by atoms with Crippen LogP contribution < -0.4 is 9.64 Å². The van der Waals surface area contributed by atoms with Crippen molar-refractivity contribution >= 4 is 11.6 Å². The van der Waals surface area contributed by atoms with Crippen LogP contribution in [0.3, 0.4) is 0 Å². The predicted molar refractivity (Wildman–Crippen MR) is 95.5 cm³/mol. The number of aliphatic hydroxyl groups is 2. The molecule has 2 N–H and O–H groups in total. The van der Waals surface area contributed by atoms with Gasteiger partial charge >= 0.3 is 0 Å². The second-order valence-corrected chi connectivity index (χ2v) is 6.52. The van der Waals surface area contributed by atoms with E-state index in [9.17, 15) is 15.0 Å². The molecule has 1 aliphatic rings. The van der Waals surface area contributed by atoms with Crippen LogP contribution in [0.15, 0.2) is 48.5 Å². The summed E-state index contributed by atoms with van der Waals surface area (Å²) in [5.74, 6) is 0.739. The fraction of sp³-hybridized carbons (Fsp3) is 0.350. The summed E-state index contributed by atoms with van der Waals surface area (Å²) >= 11 is 0. The standard InChI is InChI=1S/C20H23NO4/c1-13(2)15-9-6-10-16-19(15)25-18(14-7-4-3-5-8-14)20(24)21(16)12-11-17(22)23/h3-10,13,17-18,22-23H,11-12H2,1-2H3. The van der Waals surface area contributed by atoms with Crippen LogP contribution in [0.1, 0.15) is 43.4 Å². The summed E-state index contributed by atoms with van der Waals surface area (Å²) in [7, 11) is 0. The zero-order valence-electron chi connectivity index (χ0n) is 14.4. The number of aliphatic hydroxyl groups excluding tert-OH is 1. The molecule has 0 saturated carbocycles. The van der Waals surface area contributed by atoms with Crippen molar-refractivity contribution in [1.82, 2.24) is 0 Å². The minimum absolute atomic E-state index is 0.0819. The smallest absolute Gasteiger partial charge is 0.272 e. The number of carbonyl (C=O) groups excluding carboxylic acids is 1. The Morgan fingerprint density at radius 2 is 1.80 bits per heavy atom. The molecule has 1 heterocycles. The van der Waals surface area contributed by atoms with Crippen LogP contribution in [0, 0.1) is 0 Å². The molecule has 0 fully saturated rings. The van der Waals surface area contributed by atoms with Gasteiger partial charge in [0.2, 0.25) is 6.10 Å². The van der Waals surface area contributed by atoms with Gasteiger partial charge in [0.1, 0.15) is 5.75 Å². The van der Waals surface area contributed by atoms with Crippen LogP contribution in [0.2, 0.25) is 0 Å². The summed E-state index contributed by atoms with van der Waals surface area (Å²) in [6.45, 7) is 4.38. The molecule has 1 amide bonds. The van der Waals surface area contributed by atoms with E-state index >= 15 is 0 Å². The van der Waals surface area contributed by atoms with E-state index in [1.807, 2.05) is 48.5 Å². The first-order chi connectivity index (χ1) is 12.0. The van der Waals surface area contributed by atoms with Crippen molar-refractivity contribution in [3.63, 3.8) is 0 Å². The fourth-order valence-electron chi connectivity index (χ4n) is 3.08. The van der Waals surface area contributed by atoms with Gasteiger partial charge in [-0.1, -0.05) is 56.3 Å². The number of benzene rings is 2. The van der Waals surface area contributed by atoms with Crippen LogP contribution in [0.5, 0.6) is 5.75 Å². The van der Waals surface area contributed by atoms with E-state index in [-0.39, 0.29) is 24.8 Å². The fourth-order valence-corrected chi connectivity index (χ4v) is 3.08. The normalized spacial score (nSPS) is 17.0. The first-order valence-electron chi connectivity index (χ1n) is 8.51. The maximum atomic E-state index is 13.0. The molecule has 132 valence electrons. The van der Waals surface area contributed by atoms with Gasteiger partial charge in [0.15, 0.2) is 6.29 Å². The molecule has 1 aliphatic heterocycles. The molecule has 1 atom stereocenters. The Labute approximate surface area is 147 Å². The molecule has 0 radical (unpaired) electrons. The van der Waals surface area contributed by atoms with Crippen LogP contribution in [-0.4, -0.2) is 29.0 Å². The molecule has 2 aromatic carbocycles. The molecule has 25 heavy (non-hydrogen) atoms. The molecule has 1 unspecified atom stereocenters. The topological polar surface area (TPSA) is 70.0 Å². The van der Waals surface area contributed by atoms with Crippen molar-refractivity contribution in [3.05, 3.63) is 59.7 Å². The average Bonchev–Trinajstić information content (AvgIpc) is 2.60. The number of anilines is 1. The zero-order valence-corrected chi connectivity index (χ0v) is 14.4. The highest BCUT2D eigenvalue weighted by Crippen LogP contribution is 2.43. The van der Waals surface area contributed by atoms with Gasteiger partial charge in [-0.25, -0.2) is 0 Å². The minimum atomic E-state index is -1.46. The summed E-state index contributed by atoms with van der Waals surface area (Å²) in [5.41, 5.74) is 2.50. The number of hydrogen-bond acceptors (Lipinski definition) is 4. The third kappa shape index (κ3) is 3.52. The number of para-hydroxylation sites is 1. The van der Waals surface area contributed by atoms with E-state index in [1.54, 1.807) is 4.90 Å². The first-order valence-corrected chi connectivity index (χ1v) is 8.51. The SMILES string of the molecule is CC(C)c1cccc2c1OC(c1ccccc1)C(=O)N2CCC(O)O. The average molecular weight is 341 g/mol. The van der Waals surface area contributed by atoms with Crippen LogP contribution in [0.25, 0.3) is 0 Å². The number of ether oxygens (including phenoxy) is 1. The van der Waals surface area contributed by atoms with E-state index in [0.29, 0.717) is 11.4 Å². The summed E-state index contributed by atoms with van der Waals surface area (Å²) in [5, 5.41) is 18.5. The van der Waals surface area contributed by atoms with Gasteiger partial charge in [-0.05, 0) is 17.5 Å². The van der Waals surface area contributed by atoms with E-state index in [4.69, 9.17) is 4.74 Å². The van der Waals surface area contributed by atoms with E-state index in [2.05, 4.69) is 13.8 Å². The molecule has 0 aliphatic carbocycles. The van der Waals surface area contributed by atoms with Gasteiger partial charge in [0.25, 0.3) is 5.91 Å². The zero-order chi connectivity index (χ0) is 18.0. The lowest BCUT2D eigenvalue weighted by Crippen LogP contribution is -2.42. The largest absolute Gasteiger partial charge is 0.473 e. The van der Waals surface area contributed by atoms with Crippen LogP contribution >= 0.6 is 0 Å². The van der Waals surface area contributed by atoms with Crippen molar-refractivity contribution < 1.29 is 19.7 Å². The first kappa shape index (κ1) is 17.5. The lowest BCUT2D eigenvalue weighted by Gasteiger charge is -2.36. The van der Waals surface area contributed by atoms with Crippen LogP contribution in [0.4, 0.5) is 5.69 Å². The molecule has 0 bridgehead atoms. The molecular formula is C20H23NO4. The third-order valence-corrected chi connectivity index (χ3v) is 4.38. The predicted octanol–water partition coefficient (Wildman–Crippen LogP) is 2.98. The van der Waals surface area contributed by atoms with Gasteiger partial charge in [-0.2, -0.15) is 0 Å². The quantitative estimate of drug-likeness (QED) is 0.820. The monoisotopic (exact) mass is 341 g/mol. The molecule has 3 rings (SSSR count). The Morgan fingerprint density at radius 1 is 1.08 bits per heavy atom. The lowest BCUT2D eigenvalue weighted by molar-refractivity contribution is -0.127. The van der Waals surface area contributed by atoms with E-state index in [1.165, 1.54) is 0 Å². The summed E-state index contributed by atoms with van der Waals surface area (Å²) < 4.78 is 6.14. The van der Waals surface area contributed by atoms with E-state index in [0.717, 1.165) is 11.1 Å². The molecule has 5 nitrogen and oxygen atoms in total. The number of fused-ring (bicyclic) bond motifs is 1. The van der Waals surface area contributed by atoms with Crippen molar-refractivity contribution in [2.24, 2.45) is 0 Å². The lowest BCUT2D eigenvalue weighted by atomic mass is 9.98. The summed E-state index contributed by atoms with van der Waals surface area (Å²) in [6, 6.07) is 15.1. The molecular weight excluding hydrogens is 318 g/mol. The van der Waals surface area contributed by atoms with E-state index < -0.39 is 12.4 Å². The van der Waals surface area contributed by atoms with Crippen molar-refractivity contribution in [2.75, 3.05) is 11.4 Å². The maximum Gasteiger partial charge on any atom is 0.272 e. The van der Waals surface area contributed by atoms with Gasteiger partial charge in [-0.15, -0.1) is 0 Å². The second-order valence-electron chi connectivity index (χ2n) is 6.52. The Kier molecular flexibility index (Phi) is 5.06. The number of amides is 1. The molecule has 0 aromatic heterocycles. The second kappa shape index (κ2) is 7.25. The van der Waals surface area contributed by atoms with Gasteiger partial charge in [0, 0.05) is 18.5 Å². The van der Waals surface area contributed by atoms with Gasteiger partial charge in [-0.3, -0.25) is 4.79 Å². The Morgan fingerprint density at radius 3 is 2.44 bits per heavy atom. The minimum Gasteiger partial charge on any atom is -0.473 e. The molecule has 2 aromatic rings. The number of hydrogen-bond donors (Lipinski definition) is 2. The Bertz CT molecular complexity index is 743. The van der Waals surface area contributed by atoms with Crippen molar-refractivity contribution in [1.29, 1.82) is 0 Å². The number of carbonyl (C=O) groups is 1.